The summed E-state index contributed by atoms with van der Waals surface area (Å²) in [5, 5.41) is 4.77. The molecular weight excluding hydrogens is 827 g/mol. The lowest BCUT2D eigenvalue weighted by molar-refractivity contribution is 1.07. The van der Waals surface area contributed by atoms with Crippen molar-refractivity contribution in [3.63, 3.8) is 0 Å². The van der Waals surface area contributed by atoms with Gasteiger partial charge in [0.2, 0.25) is 0 Å². The molecule has 0 aliphatic carbocycles. The lowest BCUT2D eigenvalue weighted by Gasteiger charge is -2.21. The zero-order valence-electron chi connectivity index (χ0n) is 36.9. The van der Waals surface area contributed by atoms with E-state index in [2.05, 4.69) is 234 Å². The van der Waals surface area contributed by atoms with Crippen LogP contribution in [0, 0.1) is 0 Å². The third-order valence-corrected chi connectivity index (χ3v) is 13.2. The van der Waals surface area contributed by atoms with E-state index in [0.717, 1.165) is 72.5 Å². The van der Waals surface area contributed by atoms with E-state index in [4.69, 9.17) is 15.0 Å². The third kappa shape index (κ3) is 6.68. The van der Waals surface area contributed by atoms with E-state index in [1.807, 2.05) is 24.3 Å². The molecule has 0 spiro atoms. The molecule has 0 unspecified atom stereocenters. The highest BCUT2D eigenvalue weighted by Gasteiger charge is 2.25. The highest BCUT2D eigenvalue weighted by Crippen LogP contribution is 2.46. The van der Waals surface area contributed by atoms with E-state index in [9.17, 15) is 0 Å². The number of benzene rings is 10. The number of aromatic nitrogens is 5. The van der Waals surface area contributed by atoms with Gasteiger partial charge in [-0.25, -0.2) is 15.0 Å². The minimum absolute atomic E-state index is 0.597. The van der Waals surface area contributed by atoms with Crippen molar-refractivity contribution in [2.75, 3.05) is 0 Å². The van der Waals surface area contributed by atoms with Crippen molar-refractivity contribution >= 4 is 43.6 Å². The Morgan fingerprint density at radius 2 is 0.588 bits per heavy atom. The van der Waals surface area contributed by atoms with Crippen LogP contribution in [0.25, 0.3) is 123 Å². The summed E-state index contributed by atoms with van der Waals surface area (Å²) in [6.07, 6.45) is 0. The second-order valence-electron chi connectivity index (χ2n) is 17.2. The first-order valence-corrected chi connectivity index (χ1v) is 23.0. The van der Waals surface area contributed by atoms with E-state index in [1.54, 1.807) is 0 Å². The van der Waals surface area contributed by atoms with Gasteiger partial charge in [0.25, 0.3) is 0 Å². The molecule has 0 saturated carbocycles. The van der Waals surface area contributed by atoms with Crippen LogP contribution in [0.3, 0.4) is 0 Å². The van der Waals surface area contributed by atoms with Crippen LogP contribution in [0.2, 0.25) is 0 Å². The standard InChI is InChI=1S/C63H41N5/c1-6-20-42(21-7-1)43-34-36-47(37-35-43)62-64-61(46-26-12-4-13-27-46)65-63(66-62)48-38-52(44-22-8-2-9-23-44)60(53(39-48)45-24-10-3-11-25-45)68-57-33-19-17-31-51(57)55-40-58-54(41-59(55)68)50-30-16-18-32-56(50)67(58)49-28-14-5-15-29-49/h1-41H. The molecule has 13 aromatic rings. The molecule has 0 radical (unpaired) electrons. The largest absolute Gasteiger partial charge is 0.309 e. The summed E-state index contributed by atoms with van der Waals surface area (Å²) in [7, 11) is 0. The quantitative estimate of drug-likeness (QED) is 0.153. The maximum Gasteiger partial charge on any atom is 0.164 e. The van der Waals surface area contributed by atoms with E-state index >= 15 is 0 Å². The van der Waals surface area contributed by atoms with Crippen molar-refractivity contribution in [2.45, 2.75) is 0 Å². The van der Waals surface area contributed by atoms with Crippen LogP contribution in [-0.4, -0.2) is 24.1 Å². The number of rotatable bonds is 8. The summed E-state index contributed by atoms with van der Waals surface area (Å²) >= 11 is 0. The first-order chi connectivity index (χ1) is 33.7. The normalized spacial score (nSPS) is 11.5. The fraction of sp³-hybridized carbons (Fsp3) is 0. The number of hydrogen-bond donors (Lipinski definition) is 0. The molecule has 0 fully saturated rings. The lowest BCUT2D eigenvalue weighted by atomic mass is 9.92. The predicted octanol–water partition coefficient (Wildman–Crippen LogP) is 16.1. The molecule has 318 valence electrons. The molecule has 0 atom stereocenters. The van der Waals surface area contributed by atoms with Crippen LogP contribution in [0.15, 0.2) is 249 Å². The Morgan fingerprint density at radius 1 is 0.235 bits per heavy atom. The van der Waals surface area contributed by atoms with Crippen LogP contribution in [-0.2, 0) is 0 Å². The van der Waals surface area contributed by atoms with Gasteiger partial charge in [0, 0.05) is 55.0 Å². The van der Waals surface area contributed by atoms with Crippen molar-refractivity contribution in [2.24, 2.45) is 0 Å². The van der Waals surface area contributed by atoms with Crippen LogP contribution in [0.5, 0.6) is 0 Å². The summed E-state index contributed by atoms with van der Waals surface area (Å²) < 4.78 is 4.90. The number of fused-ring (bicyclic) bond motifs is 6. The number of nitrogens with zero attached hydrogens (tertiary/aromatic N) is 5. The summed E-state index contributed by atoms with van der Waals surface area (Å²) in [6.45, 7) is 0. The molecule has 0 saturated heterocycles. The molecule has 3 aromatic heterocycles. The minimum atomic E-state index is 0.597. The van der Waals surface area contributed by atoms with Crippen LogP contribution in [0.4, 0.5) is 0 Å². The fourth-order valence-corrected chi connectivity index (χ4v) is 10.00. The first kappa shape index (κ1) is 39.2. The van der Waals surface area contributed by atoms with E-state index in [-0.39, 0.29) is 0 Å². The molecule has 0 bridgehead atoms. The van der Waals surface area contributed by atoms with Gasteiger partial charge in [0.05, 0.1) is 27.8 Å². The molecule has 0 aliphatic heterocycles. The summed E-state index contributed by atoms with van der Waals surface area (Å²) in [6, 6.07) is 88.3. The molecule has 10 aromatic carbocycles. The Kier molecular flexibility index (Phi) is 9.43. The van der Waals surface area contributed by atoms with Crippen molar-refractivity contribution in [3.8, 4) is 78.9 Å². The highest BCUT2D eigenvalue weighted by molar-refractivity contribution is 6.19. The Morgan fingerprint density at radius 3 is 1.10 bits per heavy atom. The van der Waals surface area contributed by atoms with Gasteiger partial charge in [-0.1, -0.05) is 200 Å². The zero-order chi connectivity index (χ0) is 45.0. The smallest absolute Gasteiger partial charge is 0.164 e. The Bertz CT molecular complexity index is 3910. The Labute approximate surface area is 393 Å². The summed E-state index contributed by atoms with van der Waals surface area (Å²) in [4.78, 5) is 15.7. The zero-order valence-corrected chi connectivity index (χ0v) is 36.9. The molecule has 5 heteroatoms. The van der Waals surface area contributed by atoms with Crippen molar-refractivity contribution in [1.29, 1.82) is 0 Å². The van der Waals surface area contributed by atoms with Crippen LogP contribution < -0.4 is 0 Å². The number of hydrogen-bond acceptors (Lipinski definition) is 3. The van der Waals surface area contributed by atoms with Gasteiger partial charge in [0.1, 0.15) is 0 Å². The Hall–Kier alpha value is -9.19. The molecule has 0 N–H and O–H groups in total. The SMILES string of the molecule is c1ccc(-c2ccc(-c3nc(-c4ccccc4)nc(-c4cc(-c5ccccc5)c(-n5c6ccccc6c6cc7c(cc65)c5ccccc5n7-c5ccccc5)c(-c5ccccc5)c4)n3)cc2)cc1. The van der Waals surface area contributed by atoms with Crippen molar-refractivity contribution in [3.05, 3.63) is 249 Å². The van der Waals surface area contributed by atoms with Gasteiger partial charge in [-0.2, -0.15) is 0 Å². The van der Waals surface area contributed by atoms with Gasteiger partial charge >= 0.3 is 0 Å². The summed E-state index contributed by atoms with van der Waals surface area (Å²) in [5.41, 5.74) is 16.1. The first-order valence-electron chi connectivity index (χ1n) is 23.0. The molecule has 68 heavy (non-hydrogen) atoms. The molecular formula is C63H41N5. The maximum absolute atomic E-state index is 5.32. The van der Waals surface area contributed by atoms with Gasteiger partial charge in [0.15, 0.2) is 17.5 Å². The van der Waals surface area contributed by atoms with Crippen molar-refractivity contribution in [1.82, 2.24) is 24.1 Å². The molecule has 3 heterocycles. The molecule has 0 amide bonds. The summed E-state index contributed by atoms with van der Waals surface area (Å²) in [5.74, 6) is 1.83. The minimum Gasteiger partial charge on any atom is -0.309 e. The van der Waals surface area contributed by atoms with Gasteiger partial charge in [-0.05, 0) is 70.8 Å². The van der Waals surface area contributed by atoms with E-state index < -0.39 is 0 Å². The number of para-hydroxylation sites is 3. The lowest BCUT2D eigenvalue weighted by Crippen LogP contribution is -2.04. The predicted molar refractivity (Wildman–Crippen MR) is 281 cm³/mol. The average Bonchev–Trinajstić information content (AvgIpc) is 3.92. The second kappa shape index (κ2) is 16.4. The van der Waals surface area contributed by atoms with Gasteiger partial charge in [-0.3, -0.25) is 0 Å². The third-order valence-electron chi connectivity index (χ3n) is 13.2. The fourth-order valence-electron chi connectivity index (χ4n) is 10.00. The van der Waals surface area contributed by atoms with Gasteiger partial charge in [-0.15, -0.1) is 0 Å². The molecule has 13 rings (SSSR count). The average molecular weight is 868 g/mol. The van der Waals surface area contributed by atoms with E-state index in [0.29, 0.717) is 17.5 Å². The molecule has 5 nitrogen and oxygen atoms in total. The van der Waals surface area contributed by atoms with Crippen molar-refractivity contribution < 1.29 is 0 Å². The Balaban J connectivity index is 1.10. The monoisotopic (exact) mass is 867 g/mol. The van der Waals surface area contributed by atoms with Crippen LogP contribution >= 0.6 is 0 Å². The second-order valence-corrected chi connectivity index (χ2v) is 17.2. The van der Waals surface area contributed by atoms with E-state index in [1.165, 1.54) is 32.6 Å². The highest BCUT2D eigenvalue weighted by atomic mass is 15.0. The topological polar surface area (TPSA) is 48.5 Å². The van der Waals surface area contributed by atoms with Gasteiger partial charge < -0.3 is 9.13 Å². The maximum atomic E-state index is 5.32. The molecule has 0 aliphatic rings. The van der Waals surface area contributed by atoms with Crippen LogP contribution in [0.1, 0.15) is 0 Å².